The summed E-state index contributed by atoms with van der Waals surface area (Å²) in [5.41, 5.74) is 4.21. The second kappa shape index (κ2) is 7.64. The molecule has 1 aliphatic rings. The van der Waals surface area contributed by atoms with Crippen molar-refractivity contribution in [1.82, 2.24) is 14.5 Å². The van der Waals surface area contributed by atoms with Crippen molar-refractivity contribution in [3.8, 4) is 0 Å². The van der Waals surface area contributed by atoms with Gasteiger partial charge in [-0.15, -0.1) is 11.8 Å². The van der Waals surface area contributed by atoms with E-state index in [0.29, 0.717) is 6.54 Å². The molecule has 2 aromatic heterocycles. The lowest BCUT2D eigenvalue weighted by atomic mass is 10.2. The monoisotopic (exact) mass is 383 g/mol. The molecule has 132 valence electrons. The van der Waals surface area contributed by atoms with Crippen LogP contribution in [-0.4, -0.2) is 14.5 Å². The third-order valence-electron chi connectivity index (χ3n) is 4.54. The first-order valence-electron chi connectivity index (χ1n) is 8.60. The van der Waals surface area contributed by atoms with Crippen LogP contribution in [0, 0.1) is 0 Å². The number of nitrogens with zero attached hydrogens (tertiary/aromatic N) is 3. The molecule has 0 bridgehead atoms. The molecule has 0 aliphatic heterocycles. The fourth-order valence-corrected chi connectivity index (χ4v) is 4.41. The third-order valence-corrected chi connectivity index (χ3v) is 5.88. The zero-order valence-electron chi connectivity index (χ0n) is 14.2. The SMILES string of the molecule is O=c1nc(SCc2ccc(Cl)cc2)c2c(n1Cc1ccccn1)CCC2. The summed E-state index contributed by atoms with van der Waals surface area (Å²) in [7, 11) is 0. The summed E-state index contributed by atoms with van der Waals surface area (Å²) in [4.78, 5) is 21.4. The van der Waals surface area contributed by atoms with E-state index in [-0.39, 0.29) is 5.69 Å². The lowest BCUT2D eigenvalue weighted by molar-refractivity contribution is 0.656. The van der Waals surface area contributed by atoms with Crippen LogP contribution >= 0.6 is 23.4 Å². The molecule has 0 spiro atoms. The molecule has 3 aromatic rings. The normalized spacial score (nSPS) is 13.0. The van der Waals surface area contributed by atoms with E-state index in [1.54, 1.807) is 22.5 Å². The molecule has 0 N–H and O–H groups in total. The molecular formula is C20H18ClN3OS. The Kier molecular flexibility index (Phi) is 5.09. The zero-order valence-corrected chi connectivity index (χ0v) is 15.8. The summed E-state index contributed by atoms with van der Waals surface area (Å²) in [6.07, 6.45) is 4.73. The highest BCUT2D eigenvalue weighted by Gasteiger charge is 2.22. The van der Waals surface area contributed by atoms with Crippen LogP contribution in [0.4, 0.5) is 0 Å². The average Bonchev–Trinajstić information content (AvgIpc) is 3.15. The third kappa shape index (κ3) is 3.69. The van der Waals surface area contributed by atoms with Crippen LogP contribution in [0.2, 0.25) is 5.02 Å². The predicted molar refractivity (Wildman–Crippen MR) is 105 cm³/mol. The standard InChI is InChI=1S/C20H18ClN3OS/c21-15-9-7-14(8-10-15)13-26-19-17-5-3-6-18(17)24(20(25)23-19)12-16-4-1-2-11-22-16/h1-2,4,7-11H,3,5-6,12-13H2. The number of thioether (sulfide) groups is 1. The highest BCUT2D eigenvalue weighted by atomic mass is 35.5. The van der Waals surface area contributed by atoms with E-state index in [0.717, 1.165) is 46.5 Å². The zero-order chi connectivity index (χ0) is 17.9. The fraction of sp³-hybridized carbons (Fsp3) is 0.250. The fourth-order valence-electron chi connectivity index (χ4n) is 3.25. The van der Waals surface area contributed by atoms with Gasteiger partial charge in [0.2, 0.25) is 0 Å². The molecule has 0 amide bonds. The van der Waals surface area contributed by atoms with E-state index in [4.69, 9.17) is 11.6 Å². The van der Waals surface area contributed by atoms with Crippen LogP contribution in [-0.2, 0) is 25.1 Å². The van der Waals surface area contributed by atoms with Crippen LogP contribution in [0.15, 0.2) is 58.5 Å². The molecule has 26 heavy (non-hydrogen) atoms. The number of benzene rings is 1. The van der Waals surface area contributed by atoms with Crippen LogP contribution in [0.5, 0.6) is 0 Å². The summed E-state index contributed by atoms with van der Waals surface area (Å²) in [6, 6.07) is 13.6. The molecule has 6 heteroatoms. The molecule has 2 heterocycles. The van der Waals surface area contributed by atoms with Gasteiger partial charge < -0.3 is 0 Å². The van der Waals surface area contributed by atoms with E-state index in [2.05, 4.69) is 9.97 Å². The minimum atomic E-state index is -0.185. The number of hydrogen-bond acceptors (Lipinski definition) is 4. The molecule has 4 nitrogen and oxygen atoms in total. The maximum Gasteiger partial charge on any atom is 0.349 e. The second-order valence-electron chi connectivity index (χ2n) is 6.30. The van der Waals surface area contributed by atoms with Gasteiger partial charge >= 0.3 is 5.69 Å². The highest BCUT2D eigenvalue weighted by molar-refractivity contribution is 7.98. The molecule has 0 atom stereocenters. The Labute approximate surface area is 161 Å². The van der Waals surface area contributed by atoms with Gasteiger partial charge in [-0.1, -0.05) is 29.8 Å². The molecule has 0 radical (unpaired) electrons. The largest absolute Gasteiger partial charge is 0.349 e. The van der Waals surface area contributed by atoms with E-state index in [1.807, 2.05) is 42.5 Å². The molecule has 0 fully saturated rings. The van der Waals surface area contributed by atoms with Gasteiger partial charge in [0, 0.05) is 28.2 Å². The van der Waals surface area contributed by atoms with Crippen molar-refractivity contribution in [3.63, 3.8) is 0 Å². The molecule has 4 rings (SSSR count). The Hall–Kier alpha value is -2.11. The van der Waals surface area contributed by atoms with Crippen molar-refractivity contribution in [1.29, 1.82) is 0 Å². The van der Waals surface area contributed by atoms with E-state index >= 15 is 0 Å². The summed E-state index contributed by atoms with van der Waals surface area (Å²) >= 11 is 7.57. The van der Waals surface area contributed by atoms with Crippen molar-refractivity contribution < 1.29 is 0 Å². The number of aromatic nitrogens is 3. The van der Waals surface area contributed by atoms with Crippen molar-refractivity contribution in [2.45, 2.75) is 36.6 Å². The van der Waals surface area contributed by atoms with Crippen molar-refractivity contribution >= 4 is 23.4 Å². The number of hydrogen-bond donors (Lipinski definition) is 0. The molecule has 0 saturated heterocycles. The Bertz CT molecular complexity index is 971. The minimum absolute atomic E-state index is 0.185. The first-order chi connectivity index (χ1) is 12.7. The number of fused-ring (bicyclic) bond motifs is 1. The van der Waals surface area contributed by atoms with Crippen LogP contribution in [0.25, 0.3) is 0 Å². The van der Waals surface area contributed by atoms with Gasteiger partial charge in [-0.25, -0.2) is 4.79 Å². The summed E-state index contributed by atoms with van der Waals surface area (Å²) < 4.78 is 1.79. The lowest BCUT2D eigenvalue weighted by Crippen LogP contribution is -2.28. The van der Waals surface area contributed by atoms with Gasteiger partial charge in [0.15, 0.2) is 0 Å². The Balaban J connectivity index is 1.61. The molecule has 1 aromatic carbocycles. The first kappa shape index (κ1) is 17.3. The average molecular weight is 384 g/mol. The van der Waals surface area contributed by atoms with E-state index < -0.39 is 0 Å². The molecule has 0 unspecified atom stereocenters. The maximum absolute atomic E-state index is 12.7. The van der Waals surface area contributed by atoms with Gasteiger partial charge in [0.05, 0.1) is 12.2 Å². The van der Waals surface area contributed by atoms with Gasteiger partial charge in [0.1, 0.15) is 5.03 Å². The quantitative estimate of drug-likeness (QED) is 0.491. The smallest absolute Gasteiger partial charge is 0.290 e. The van der Waals surface area contributed by atoms with Gasteiger partial charge in [0.25, 0.3) is 0 Å². The first-order valence-corrected chi connectivity index (χ1v) is 9.97. The van der Waals surface area contributed by atoms with Crippen molar-refractivity contribution in [2.24, 2.45) is 0 Å². The lowest BCUT2D eigenvalue weighted by Gasteiger charge is -2.14. The van der Waals surface area contributed by atoms with E-state index in [9.17, 15) is 4.79 Å². The maximum atomic E-state index is 12.7. The Morgan fingerprint density at radius 1 is 1.12 bits per heavy atom. The summed E-state index contributed by atoms with van der Waals surface area (Å²) in [5.74, 6) is 0.778. The van der Waals surface area contributed by atoms with Gasteiger partial charge in [-0.05, 0) is 49.1 Å². The van der Waals surface area contributed by atoms with Gasteiger partial charge in [-0.2, -0.15) is 4.98 Å². The van der Waals surface area contributed by atoms with E-state index in [1.165, 1.54) is 11.1 Å². The number of halogens is 1. The predicted octanol–water partition coefficient (Wildman–Crippen LogP) is 4.12. The van der Waals surface area contributed by atoms with Gasteiger partial charge in [-0.3, -0.25) is 9.55 Å². The minimum Gasteiger partial charge on any atom is -0.290 e. The Morgan fingerprint density at radius 3 is 2.73 bits per heavy atom. The van der Waals surface area contributed by atoms with Crippen LogP contribution in [0.1, 0.15) is 28.9 Å². The van der Waals surface area contributed by atoms with Crippen molar-refractivity contribution in [2.75, 3.05) is 0 Å². The second-order valence-corrected chi connectivity index (χ2v) is 7.70. The highest BCUT2D eigenvalue weighted by Crippen LogP contribution is 2.31. The summed E-state index contributed by atoms with van der Waals surface area (Å²) in [6.45, 7) is 0.483. The number of rotatable bonds is 5. The molecular weight excluding hydrogens is 366 g/mol. The van der Waals surface area contributed by atoms with Crippen LogP contribution < -0.4 is 5.69 Å². The van der Waals surface area contributed by atoms with Crippen molar-refractivity contribution in [3.05, 3.63) is 86.7 Å². The molecule has 0 saturated carbocycles. The van der Waals surface area contributed by atoms with Crippen LogP contribution in [0.3, 0.4) is 0 Å². The Morgan fingerprint density at radius 2 is 1.96 bits per heavy atom. The topological polar surface area (TPSA) is 47.8 Å². The summed E-state index contributed by atoms with van der Waals surface area (Å²) in [5, 5.41) is 1.60. The molecule has 1 aliphatic carbocycles. The number of pyridine rings is 1.